The summed E-state index contributed by atoms with van der Waals surface area (Å²) in [5.41, 5.74) is 2.32. The number of hydrogen-bond acceptors (Lipinski definition) is 4. The number of fused-ring (bicyclic) bond motifs is 1. The van der Waals surface area contributed by atoms with Gasteiger partial charge in [-0.1, -0.05) is 18.2 Å². The van der Waals surface area contributed by atoms with Crippen LogP contribution < -0.4 is 9.47 Å². The monoisotopic (exact) mass is 332 g/mol. The molecule has 23 heavy (non-hydrogen) atoms. The van der Waals surface area contributed by atoms with Crippen LogP contribution in [-0.2, 0) is 22.7 Å². The van der Waals surface area contributed by atoms with Crippen molar-refractivity contribution in [1.82, 2.24) is 0 Å². The van der Waals surface area contributed by atoms with E-state index in [1.165, 1.54) is 11.8 Å². The fourth-order valence-corrected chi connectivity index (χ4v) is 3.51. The van der Waals surface area contributed by atoms with E-state index in [0.717, 1.165) is 29.9 Å². The Balaban J connectivity index is 1.70. The maximum atomic E-state index is 11.5. The van der Waals surface area contributed by atoms with Gasteiger partial charge in [-0.2, -0.15) is 0 Å². The summed E-state index contributed by atoms with van der Waals surface area (Å²) in [4.78, 5) is 0.360. The molecule has 0 radical (unpaired) electrons. The van der Waals surface area contributed by atoms with Crippen LogP contribution in [0.5, 0.6) is 11.5 Å². The van der Waals surface area contributed by atoms with Crippen LogP contribution in [0.2, 0.25) is 0 Å². The topological polar surface area (TPSA) is 52.6 Å². The molecule has 0 spiro atoms. The number of sulfone groups is 1. The molecular weight excluding hydrogens is 312 g/mol. The van der Waals surface area contributed by atoms with E-state index >= 15 is 0 Å². The van der Waals surface area contributed by atoms with Crippen molar-refractivity contribution in [1.29, 1.82) is 0 Å². The molecule has 0 aliphatic carbocycles. The first kappa shape index (κ1) is 15.9. The second-order valence-electron chi connectivity index (χ2n) is 5.98. The molecule has 4 nitrogen and oxygen atoms in total. The SMILES string of the molecule is COc1ccc2c(c1)OC[C@H](Cc1ccc(S(C)(=O)=O)cc1)C2. The zero-order valence-electron chi connectivity index (χ0n) is 13.3. The maximum Gasteiger partial charge on any atom is 0.175 e. The minimum absolute atomic E-state index is 0.360. The highest BCUT2D eigenvalue weighted by Crippen LogP contribution is 2.32. The van der Waals surface area contributed by atoms with Gasteiger partial charge >= 0.3 is 0 Å². The van der Waals surface area contributed by atoms with Gasteiger partial charge in [-0.05, 0) is 42.2 Å². The Hall–Kier alpha value is -2.01. The molecule has 0 unspecified atom stereocenters. The number of rotatable bonds is 4. The summed E-state index contributed by atoms with van der Waals surface area (Å²) in [6, 6.07) is 13.0. The average molecular weight is 332 g/mol. The number of benzene rings is 2. The van der Waals surface area contributed by atoms with Crippen LogP contribution in [0.3, 0.4) is 0 Å². The minimum atomic E-state index is -3.14. The zero-order chi connectivity index (χ0) is 16.4. The van der Waals surface area contributed by atoms with Crippen molar-refractivity contribution in [2.24, 2.45) is 5.92 Å². The van der Waals surface area contributed by atoms with Crippen LogP contribution in [0.15, 0.2) is 47.4 Å². The highest BCUT2D eigenvalue weighted by molar-refractivity contribution is 7.90. The largest absolute Gasteiger partial charge is 0.497 e. The van der Waals surface area contributed by atoms with Crippen molar-refractivity contribution < 1.29 is 17.9 Å². The highest BCUT2D eigenvalue weighted by atomic mass is 32.2. The van der Waals surface area contributed by atoms with E-state index in [1.807, 2.05) is 30.3 Å². The summed E-state index contributed by atoms with van der Waals surface area (Å²) in [6.07, 6.45) is 3.05. The first-order valence-corrected chi connectivity index (χ1v) is 9.43. The standard InChI is InChI=1S/C18H20O4S/c1-21-16-6-5-15-10-14(12-22-18(15)11-16)9-13-3-7-17(8-4-13)23(2,19)20/h3-8,11,14H,9-10,12H2,1-2H3/t14-/m1/s1. The van der Waals surface area contributed by atoms with Gasteiger partial charge in [-0.15, -0.1) is 0 Å². The summed E-state index contributed by atoms with van der Waals surface area (Å²) in [5, 5.41) is 0. The van der Waals surface area contributed by atoms with Crippen molar-refractivity contribution in [2.45, 2.75) is 17.7 Å². The van der Waals surface area contributed by atoms with E-state index in [0.29, 0.717) is 17.4 Å². The van der Waals surface area contributed by atoms with Crippen LogP contribution in [0.4, 0.5) is 0 Å². The molecule has 0 N–H and O–H groups in total. The normalized spacial score (nSPS) is 17.2. The molecule has 1 aliphatic heterocycles. The number of hydrogen-bond donors (Lipinski definition) is 0. The van der Waals surface area contributed by atoms with E-state index in [2.05, 4.69) is 0 Å². The Morgan fingerprint density at radius 2 is 1.91 bits per heavy atom. The molecule has 0 aromatic heterocycles. The van der Waals surface area contributed by atoms with Gasteiger partial charge in [0.05, 0.1) is 18.6 Å². The molecule has 0 fully saturated rings. The molecule has 5 heteroatoms. The highest BCUT2D eigenvalue weighted by Gasteiger charge is 2.21. The number of methoxy groups -OCH3 is 1. The maximum absolute atomic E-state index is 11.5. The van der Waals surface area contributed by atoms with Crippen LogP contribution in [-0.4, -0.2) is 28.4 Å². The van der Waals surface area contributed by atoms with E-state index in [4.69, 9.17) is 9.47 Å². The molecule has 1 atom stereocenters. The fraction of sp³-hybridized carbons (Fsp3) is 0.333. The number of ether oxygens (including phenoxy) is 2. The lowest BCUT2D eigenvalue weighted by Crippen LogP contribution is -2.22. The summed E-state index contributed by atoms with van der Waals surface area (Å²) in [7, 11) is -1.49. The first-order chi connectivity index (χ1) is 11.0. The summed E-state index contributed by atoms with van der Waals surface area (Å²) >= 11 is 0. The van der Waals surface area contributed by atoms with Gasteiger partial charge in [0, 0.05) is 18.2 Å². The van der Waals surface area contributed by atoms with Crippen LogP contribution in [0, 0.1) is 5.92 Å². The van der Waals surface area contributed by atoms with E-state index < -0.39 is 9.84 Å². The lowest BCUT2D eigenvalue weighted by molar-refractivity contribution is 0.220. The average Bonchev–Trinajstić information content (AvgIpc) is 2.54. The lowest BCUT2D eigenvalue weighted by Gasteiger charge is -2.25. The second kappa shape index (κ2) is 6.24. The molecule has 2 aromatic rings. The van der Waals surface area contributed by atoms with Gasteiger partial charge in [0.15, 0.2) is 9.84 Å². The van der Waals surface area contributed by atoms with Gasteiger partial charge < -0.3 is 9.47 Å². The van der Waals surface area contributed by atoms with E-state index in [1.54, 1.807) is 19.2 Å². The summed E-state index contributed by atoms with van der Waals surface area (Å²) in [6.45, 7) is 0.661. The third kappa shape index (κ3) is 3.67. The molecule has 0 saturated heterocycles. The molecule has 0 amide bonds. The van der Waals surface area contributed by atoms with Crippen molar-refractivity contribution >= 4 is 9.84 Å². The van der Waals surface area contributed by atoms with Gasteiger partial charge in [0.1, 0.15) is 11.5 Å². The molecule has 2 aromatic carbocycles. The smallest absolute Gasteiger partial charge is 0.175 e. The molecule has 1 heterocycles. The van der Waals surface area contributed by atoms with Crippen molar-refractivity contribution in [3.63, 3.8) is 0 Å². The Kier molecular flexibility index (Phi) is 4.31. The summed E-state index contributed by atoms with van der Waals surface area (Å²) in [5.74, 6) is 2.09. The first-order valence-electron chi connectivity index (χ1n) is 7.54. The Labute approximate surface area is 137 Å². The Morgan fingerprint density at radius 3 is 2.57 bits per heavy atom. The Morgan fingerprint density at radius 1 is 1.17 bits per heavy atom. The van der Waals surface area contributed by atoms with Gasteiger partial charge in [0.25, 0.3) is 0 Å². The van der Waals surface area contributed by atoms with Gasteiger partial charge in [-0.3, -0.25) is 0 Å². The van der Waals surface area contributed by atoms with Crippen molar-refractivity contribution in [2.75, 3.05) is 20.0 Å². The predicted octanol–water partition coefficient (Wildman–Crippen LogP) is 2.89. The molecule has 0 saturated carbocycles. The minimum Gasteiger partial charge on any atom is -0.497 e. The molecule has 1 aliphatic rings. The molecular formula is C18H20O4S. The van der Waals surface area contributed by atoms with E-state index in [9.17, 15) is 8.42 Å². The van der Waals surface area contributed by atoms with Crippen molar-refractivity contribution in [3.8, 4) is 11.5 Å². The third-order valence-corrected chi connectivity index (χ3v) is 5.26. The second-order valence-corrected chi connectivity index (χ2v) is 7.99. The molecule has 3 rings (SSSR count). The molecule has 122 valence electrons. The quantitative estimate of drug-likeness (QED) is 0.864. The van der Waals surface area contributed by atoms with Crippen molar-refractivity contribution in [3.05, 3.63) is 53.6 Å². The lowest BCUT2D eigenvalue weighted by atomic mass is 9.91. The van der Waals surface area contributed by atoms with Gasteiger partial charge in [-0.25, -0.2) is 8.42 Å². The summed E-state index contributed by atoms with van der Waals surface area (Å²) < 4.78 is 34.1. The predicted molar refractivity (Wildman–Crippen MR) is 88.9 cm³/mol. The Bertz CT molecular complexity index is 794. The fourth-order valence-electron chi connectivity index (χ4n) is 2.88. The van der Waals surface area contributed by atoms with Gasteiger partial charge in [0.2, 0.25) is 0 Å². The van der Waals surface area contributed by atoms with Crippen LogP contribution in [0.25, 0.3) is 0 Å². The molecule has 0 bridgehead atoms. The third-order valence-electron chi connectivity index (χ3n) is 4.13. The van der Waals surface area contributed by atoms with Crippen LogP contribution in [0.1, 0.15) is 11.1 Å². The van der Waals surface area contributed by atoms with E-state index in [-0.39, 0.29) is 0 Å². The zero-order valence-corrected chi connectivity index (χ0v) is 14.1. The van der Waals surface area contributed by atoms with Crippen LogP contribution >= 0.6 is 0 Å².